The first-order chi connectivity index (χ1) is 16.1. The second kappa shape index (κ2) is 10.4. The normalized spacial score (nSPS) is 21.9. The standard InChI is InChI=1S/C24H25N3O6.ClH/c28-22(16-3-4-18-19(14-16)33-13-12-32-18)20-21(17-2-1-5-25-15-17)27(24(30)23(20)29)7-6-26-8-10-31-11-9-26;/h1-5,14-15,21,28H,6-13H2;1H. The van der Waals surface area contributed by atoms with Crippen LogP contribution >= 0.6 is 12.4 Å². The van der Waals surface area contributed by atoms with Gasteiger partial charge in [-0.2, -0.15) is 0 Å². The molecule has 180 valence electrons. The van der Waals surface area contributed by atoms with E-state index in [0.717, 1.165) is 13.1 Å². The van der Waals surface area contributed by atoms with Crippen molar-refractivity contribution >= 4 is 29.9 Å². The molecule has 10 heteroatoms. The first-order valence-electron chi connectivity index (χ1n) is 11.0. The zero-order valence-corrected chi connectivity index (χ0v) is 19.3. The van der Waals surface area contributed by atoms with Gasteiger partial charge in [-0.05, 0) is 29.8 Å². The minimum absolute atomic E-state index is 0. The number of hydrogen-bond acceptors (Lipinski definition) is 8. The third-order valence-corrected chi connectivity index (χ3v) is 6.12. The first-order valence-corrected chi connectivity index (χ1v) is 11.0. The maximum atomic E-state index is 13.1. The summed E-state index contributed by atoms with van der Waals surface area (Å²) in [5, 5.41) is 11.2. The highest BCUT2D eigenvalue weighted by Crippen LogP contribution is 2.40. The minimum atomic E-state index is -0.729. The summed E-state index contributed by atoms with van der Waals surface area (Å²) in [7, 11) is 0. The Hall–Kier alpha value is -3.14. The van der Waals surface area contributed by atoms with E-state index in [9.17, 15) is 14.7 Å². The Morgan fingerprint density at radius 2 is 1.79 bits per heavy atom. The predicted molar refractivity (Wildman–Crippen MR) is 125 cm³/mol. The van der Waals surface area contributed by atoms with Gasteiger partial charge in [0, 0.05) is 44.1 Å². The number of ketones is 1. The van der Waals surface area contributed by atoms with Crippen molar-refractivity contribution in [1.82, 2.24) is 14.8 Å². The smallest absolute Gasteiger partial charge is 0.295 e. The van der Waals surface area contributed by atoms with Crippen molar-refractivity contribution in [2.24, 2.45) is 0 Å². The summed E-state index contributed by atoms with van der Waals surface area (Å²) in [6.45, 7) is 4.66. The molecule has 1 amide bonds. The molecule has 1 aromatic heterocycles. The number of fused-ring (bicyclic) bond motifs is 1. The number of nitrogens with zero attached hydrogens (tertiary/aromatic N) is 3. The van der Waals surface area contributed by atoms with Gasteiger partial charge in [0.05, 0.1) is 24.8 Å². The highest BCUT2D eigenvalue weighted by molar-refractivity contribution is 6.46. The molecule has 1 atom stereocenters. The van der Waals surface area contributed by atoms with Crippen molar-refractivity contribution in [3.63, 3.8) is 0 Å². The molecule has 1 N–H and O–H groups in total. The number of pyridine rings is 1. The molecule has 2 aromatic rings. The van der Waals surface area contributed by atoms with Crippen LogP contribution in [0.5, 0.6) is 11.5 Å². The number of aliphatic hydroxyl groups excluding tert-OH is 1. The van der Waals surface area contributed by atoms with Crippen molar-refractivity contribution in [1.29, 1.82) is 0 Å². The molecular formula is C24H26ClN3O6. The molecule has 3 aliphatic rings. The molecular weight excluding hydrogens is 462 g/mol. The van der Waals surface area contributed by atoms with Gasteiger partial charge in [0.1, 0.15) is 19.0 Å². The summed E-state index contributed by atoms with van der Waals surface area (Å²) in [5.74, 6) is -0.514. The Bertz CT molecular complexity index is 1090. The number of aromatic nitrogens is 1. The number of aliphatic hydroxyl groups is 1. The van der Waals surface area contributed by atoms with Crippen LogP contribution in [0.2, 0.25) is 0 Å². The molecule has 0 radical (unpaired) electrons. The number of morpholine rings is 1. The number of rotatable bonds is 5. The number of benzene rings is 1. The van der Waals surface area contributed by atoms with E-state index < -0.39 is 17.7 Å². The van der Waals surface area contributed by atoms with Crippen LogP contribution in [-0.2, 0) is 14.3 Å². The molecule has 0 bridgehead atoms. The Morgan fingerprint density at radius 3 is 2.53 bits per heavy atom. The molecule has 3 aliphatic heterocycles. The number of Topliss-reactive ketones (excluding diaryl/α,β-unsaturated/α-hetero) is 1. The van der Waals surface area contributed by atoms with Crippen LogP contribution in [0, 0.1) is 0 Å². The summed E-state index contributed by atoms with van der Waals surface area (Å²) in [5.41, 5.74) is 1.10. The Kier molecular flexibility index (Phi) is 7.35. The molecule has 2 saturated heterocycles. The number of carbonyl (C=O) groups excluding carboxylic acids is 2. The van der Waals surface area contributed by atoms with Crippen LogP contribution in [0.1, 0.15) is 17.2 Å². The van der Waals surface area contributed by atoms with Gasteiger partial charge in [0.15, 0.2) is 11.5 Å². The van der Waals surface area contributed by atoms with Gasteiger partial charge in [0.25, 0.3) is 11.7 Å². The Balaban J connectivity index is 0.00000274. The molecule has 0 spiro atoms. The van der Waals surface area contributed by atoms with E-state index in [4.69, 9.17) is 14.2 Å². The SMILES string of the molecule is Cl.O=C1C(=O)N(CCN2CCOCC2)C(c2cccnc2)C1=C(O)c1ccc2c(c1)OCCO2. The second-order valence-electron chi connectivity index (χ2n) is 8.09. The molecule has 4 heterocycles. The summed E-state index contributed by atoms with van der Waals surface area (Å²) < 4.78 is 16.6. The molecule has 0 aliphatic carbocycles. The van der Waals surface area contributed by atoms with Crippen LogP contribution < -0.4 is 9.47 Å². The summed E-state index contributed by atoms with van der Waals surface area (Å²) >= 11 is 0. The summed E-state index contributed by atoms with van der Waals surface area (Å²) in [6, 6.07) is 7.81. The molecule has 5 rings (SSSR count). The van der Waals surface area contributed by atoms with E-state index in [1.165, 1.54) is 4.90 Å². The van der Waals surface area contributed by atoms with Gasteiger partial charge in [0.2, 0.25) is 0 Å². The average Bonchev–Trinajstić information content (AvgIpc) is 3.12. The van der Waals surface area contributed by atoms with Crippen LogP contribution in [0.15, 0.2) is 48.3 Å². The van der Waals surface area contributed by atoms with Crippen LogP contribution in [0.25, 0.3) is 5.76 Å². The monoisotopic (exact) mass is 487 g/mol. The zero-order chi connectivity index (χ0) is 22.8. The maximum absolute atomic E-state index is 13.1. The summed E-state index contributed by atoms with van der Waals surface area (Å²) in [6.07, 6.45) is 3.25. The average molecular weight is 488 g/mol. The number of ether oxygens (including phenoxy) is 3. The molecule has 1 unspecified atom stereocenters. The van der Waals surface area contributed by atoms with Gasteiger partial charge in [-0.25, -0.2) is 0 Å². The van der Waals surface area contributed by atoms with E-state index >= 15 is 0 Å². The van der Waals surface area contributed by atoms with Crippen LogP contribution in [-0.4, -0.2) is 84.2 Å². The van der Waals surface area contributed by atoms with Crippen LogP contribution in [0.4, 0.5) is 0 Å². The lowest BCUT2D eigenvalue weighted by molar-refractivity contribution is -0.140. The van der Waals surface area contributed by atoms with Gasteiger partial charge in [-0.1, -0.05) is 6.07 Å². The highest BCUT2D eigenvalue weighted by Gasteiger charge is 2.46. The van der Waals surface area contributed by atoms with E-state index in [1.54, 1.807) is 36.7 Å². The van der Waals surface area contributed by atoms with Gasteiger partial charge < -0.3 is 24.2 Å². The van der Waals surface area contributed by atoms with E-state index in [1.807, 2.05) is 6.07 Å². The molecule has 0 saturated carbocycles. The Labute approximate surface area is 203 Å². The Morgan fingerprint density at radius 1 is 1.03 bits per heavy atom. The minimum Gasteiger partial charge on any atom is -0.507 e. The van der Waals surface area contributed by atoms with Crippen molar-refractivity contribution in [2.45, 2.75) is 6.04 Å². The van der Waals surface area contributed by atoms with Crippen molar-refractivity contribution in [2.75, 3.05) is 52.6 Å². The number of hydrogen-bond donors (Lipinski definition) is 1. The summed E-state index contributed by atoms with van der Waals surface area (Å²) in [4.78, 5) is 34.1. The van der Waals surface area contributed by atoms with Crippen molar-refractivity contribution in [3.8, 4) is 11.5 Å². The number of amides is 1. The molecule has 34 heavy (non-hydrogen) atoms. The molecule has 1 aromatic carbocycles. The molecule has 9 nitrogen and oxygen atoms in total. The highest BCUT2D eigenvalue weighted by atomic mass is 35.5. The third-order valence-electron chi connectivity index (χ3n) is 6.12. The van der Waals surface area contributed by atoms with Crippen molar-refractivity contribution < 1.29 is 28.9 Å². The van der Waals surface area contributed by atoms with Gasteiger partial charge in [-0.15, -0.1) is 12.4 Å². The first kappa shape index (κ1) is 24.0. The number of carbonyl (C=O) groups is 2. The largest absolute Gasteiger partial charge is 0.507 e. The lowest BCUT2D eigenvalue weighted by atomic mass is 9.96. The lowest BCUT2D eigenvalue weighted by Gasteiger charge is -2.30. The van der Waals surface area contributed by atoms with Gasteiger partial charge in [-0.3, -0.25) is 19.5 Å². The maximum Gasteiger partial charge on any atom is 0.295 e. The fourth-order valence-corrected chi connectivity index (χ4v) is 4.41. The van der Waals surface area contributed by atoms with E-state index in [-0.39, 0.29) is 23.7 Å². The van der Waals surface area contributed by atoms with Crippen molar-refractivity contribution in [3.05, 3.63) is 59.4 Å². The third kappa shape index (κ3) is 4.59. The molecule has 2 fully saturated rings. The fraction of sp³-hybridized carbons (Fsp3) is 0.375. The topological polar surface area (TPSA) is 101 Å². The van der Waals surface area contributed by atoms with Crippen LogP contribution in [0.3, 0.4) is 0 Å². The van der Waals surface area contributed by atoms with E-state index in [0.29, 0.717) is 62.1 Å². The quantitative estimate of drug-likeness (QED) is 0.388. The van der Waals surface area contributed by atoms with E-state index in [2.05, 4.69) is 9.88 Å². The predicted octanol–water partition coefficient (Wildman–Crippen LogP) is 2.03. The second-order valence-corrected chi connectivity index (χ2v) is 8.09. The van der Waals surface area contributed by atoms with Gasteiger partial charge >= 0.3 is 0 Å². The fourth-order valence-electron chi connectivity index (χ4n) is 4.41. The lowest BCUT2D eigenvalue weighted by Crippen LogP contribution is -2.42. The number of likely N-dealkylation sites (tertiary alicyclic amines) is 1. The number of halogens is 1. The zero-order valence-electron chi connectivity index (χ0n) is 18.5.